The summed E-state index contributed by atoms with van der Waals surface area (Å²) in [4.78, 5) is 26.2. The van der Waals surface area contributed by atoms with Crippen molar-refractivity contribution in [3.05, 3.63) is 136 Å². The van der Waals surface area contributed by atoms with Crippen molar-refractivity contribution in [1.29, 1.82) is 0 Å². The molecule has 1 aromatic heterocycles. The molecule has 5 aromatic rings. The molecule has 0 atom stereocenters. The topological polar surface area (TPSA) is 67.5 Å². The number of allylic oxidation sites excluding steroid dienone is 1. The molecule has 0 aliphatic rings. The van der Waals surface area contributed by atoms with Gasteiger partial charge >= 0.3 is 5.63 Å². The highest BCUT2D eigenvalue weighted by Gasteiger charge is 2.20. The van der Waals surface area contributed by atoms with E-state index in [1.807, 2.05) is 42.5 Å². The Bertz CT molecular complexity index is 1610. The van der Waals surface area contributed by atoms with Crippen molar-refractivity contribution in [2.24, 2.45) is 0 Å². The Kier molecular flexibility index (Phi) is 5.90. The first-order valence-electron chi connectivity index (χ1n) is 11.0. The van der Waals surface area contributed by atoms with E-state index in [0.29, 0.717) is 22.0 Å². The fourth-order valence-electron chi connectivity index (χ4n) is 4.01. The summed E-state index contributed by atoms with van der Waals surface area (Å²) in [5, 5.41) is 11.4. The molecule has 2 radical (unpaired) electrons. The Hall–Kier alpha value is -4.64. The van der Waals surface area contributed by atoms with Crippen LogP contribution in [0.3, 0.4) is 0 Å². The quantitative estimate of drug-likeness (QED) is 0.170. The molecular formula is C30H19BO4. The third kappa shape index (κ3) is 4.44. The molecule has 0 saturated carbocycles. The Morgan fingerprint density at radius 3 is 2.03 bits per heavy atom. The largest absolute Gasteiger partial charge is 0.506 e. The zero-order valence-electron chi connectivity index (χ0n) is 18.6. The van der Waals surface area contributed by atoms with Gasteiger partial charge in [-0.1, -0.05) is 96.5 Å². The van der Waals surface area contributed by atoms with Gasteiger partial charge in [-0.25, -0.2) is 4.79 Å². The summed E-state index contributed by atoms with van der Waals surface area (Å²) in [6, 6.07) is 30.4. The average molecular weight is 454 g/mol. The second-order valence-corrected chi connectivity index (χ2v) is 8.10. The van der Waals surface area contributed by atoms with Crippen LogP contribution in [0.1, 0.15) is 21.5 Å². The molecule has 0 unspecified atom stereocenters. The van der Waals surface area contributed by atoms with Gasteiger partial charge in [0.25, 0.3) is 0 Å². The maximum absolute atomic E-state index is 13.3. The second-order valence-electron chi connectivity index (χ2n) is 8.10. The number of carbonyl (C=O) groups is 1. The van der Waals surface area contributed by atoms with Gasteiger partial charge < -0.3 is 9.52 Å². The lowest BCUT2D eigenvalue weighted by Crippen LogP contribution is -2.09. The molecule has 35 heavy (non-hydrogen) atoms. The number of para-hydroxylation sites is 1. The van der Waals surface area contributed by atoms with E-state index in [-0.39, 0.29) is 28.3 Å². The number of aromatic hydroxyl groups is 1. The molecule has 1 heterocycles. The minimum Gasteiger partial charge on any atom is -0.506 e. The van der Waals surface area contributed by atoms with Crippen LogP contribution in [0.2, 0.25) is 0 Å². The number of hydrogen-bond acceptors (Lipinski definition) is 4. The van der Waals surface area contributed by atoms with Crippen LogP contribution in [0.15, 0.2) is 118 Å². The average Bonchev–Trinajstić information content (AvgIpc) is 2.89. The minimum absolute atomic E-state index is 0.0539. The molecule has 4 aromatic carbocycles. The highest BCUT2D eigenvalue weighted by atomic mass is 16.4. The lowest BCUT2D eigenvalue weighted by Gasteiger charge is -2.11. The number of rotatable bonds is 5. The lowest BCUT2D eigenvalue weighted by molar-refractivity contribution is 0.104. The first-order valence-corrected chi connectivity index (χ1v) is 11.0. The predicted molar refractivity (Wildman–Crippen MR) is 139 cm³/mol. The zero-order chi connectivity index (χ0) is 24.4. The van der Waals surface area contributed by atoms with Gasteiger partial charge in [0.15, 0.2) is 5.78 Å². The highest BCUT2D eigenvalue weighted by Crippen LogP contribution is 2.34. The van der Waals surface area contributed by atoms with Crippen LogP contribution >= 0.6 is 0 Å². The first kappa shape index (κ1) is 22.2. The van der Waals surface area contributed by atoms with Gasteiger partial charge in [0.05, 0.1) is 5.39 Å². The van der Waals surface area contributed by atoms with Crippen LogP contribution in [0, 0.1) is 0 Å². The van der Waals surface area contributed by atoms with E-state index in [0.717, 1.165) is 11.1 Å². The van der Waals surface area contributed by atoms with E-state index in [2.05, 4.69) is 0 Å². The van der Waals surface area contributed by atoms with E-state index in [1.165, 1.54) is 6.08 Å². The van der Waals surface area contributed by atoms with Gasteiger partial charge in [-0.05, 0) is 34.9 Å². The zero-order valence-corrected chi connectivity index (χ0v) is 18.6. The van der Waals surface area contributed by atoms with Gasteiger partial charge in [-0.15, -0.1) is 0 Å². The van der Waals surface area contributed by atoms with Gasteiger partial charge in [0.1, 0.15) is 24.7 Å². The Labute approximate surface area is 203 Å². The summed E-state index contributed by atoms with van der Waals surface area (Å²) in [6.07, 6.45) is 1.37. The van der Waals surface area contributed by atoms with Crippen molar-refractivity contribution in [2.45, 2.75) is 0 Å². The molecule has 0 saturated heterocycles. The van der Waals surface area contributed by atoms with Crippen LogP contribution in [0.25, 0.3) is 27.7 Å². The summed E-state index contributed by atoms with van der Waals surface area (Å²) < 4.78 is 5.46. The number of fused-ring (bicyclic) bond motifs is 1. The fourth-order valence-corrected chi connectivity index (χ4v) is 4.01. The second kappa shape index (κ2) is 9.31. The predicted octanol–water partition coefficient (Wildman–Crippen LogP) is 5.27. The molecule has 5 heteroatoms. The smallest absolute Gasteiger partial charge is 0.348 e. The number of ketones is 1. The molecule has 166 valence electrons. The third-order valence-corrected chi connectivity index (χ3v) is 5.83. The molecule has 0 fully saturated rings. The first-order chi connectivity index (χ1) is 17.0. The van der Waals surface area contributed by atoms with Crippen molar-refractivity contribution in [2.75, 3.05) is 0 Å². The van der Waals surface area contributed by atoms with Crippen LogP contribution in [-0.4, -0.2) is 18.7 Å². The lowest BCUT2D eigenvalue weighted by atomic mass is 9.93. The molecule has 0 amide bonds. The van der Waals surface area contributed by atoms with Gasteiger partial charge in [-0.2, -0.15) is 0 Å². The summed E-state index contributed by atoms with van der Waals surface area (Å²) in [5.74, 6) is -0.530. The maximum Gasteiger partial charge on any atom is 0.348 e. The summed E-state index contributed by atoms with van der Waals surface area (Å²) in [6.45, 7) is 0. The van der Waals surface area contributed by atoms with Crippen molar-refractivity contribution in [3.63, 3.8) is 0 Å². The molecule has 4 nitrogen and oxygen atoms in total. The molecule has 0 aliphatic heterocycles. The van der Waals surface area contributed by atoms with Crippen LogP contribution in [0.5, 0.6) is 5.75 Å². The van der Waals surface area contributed by atoms with Crippen LogP contribution < -0.4 is 11.1 Å². The van der Waals surface area contributed by atoms with E-state index in [4.69, 9.17) is 12.3 Å². The number of hydrogen-bond donors (Lipinski definition) is 1. The Balaban J connectivity index is 1.60. The summed E-state index contributed by atoms with van der Waals surface area (Å²) in [5.41, 5.74) is 3.45. The van der Waals surface area contributed by atoms with Crippen molar-refractivity contribution in [3.8, 4) is 16.9 Å². The summed E-state index contributed by atoms with van der Waals surface area (Å²) in [7, 11) is 5.76. The Morgan fingerprint density at radius 1 is 0.743 bits per heavy atom. The third-order valence-electron chi connectivity index (χ3n) is 5.83. The molecule has 5 rings (SSSR count). The van der Waals surface area contributed by atoms with E-state index >= 15 is 0 Å². The fraction of sp³-hybridized carbons (Fsp3) is 0. The molecule has 0 bridgehead atoms. The van der Waals surface area contributed by atoms with Gasteiger partial charge in [0, 0.05) is 11.1 Å². The van der Waals surface area contributed by atoms with E-state index in [9.17, 15) is 14.7 Å². The van der Waals surface area contributed by atoms with Crippen LogP contribution in [0.4, 0.5) is 0 Å². The molecular weight excluding hydrogens is 435 g/mol. The normalized spacial score (nSPS) is 11.5. The number of benzene rings is 4. The standard InChI is InChI=1S/C30H19BO4/c31-23-16-14-20(15-17-23)19-10-12-22(13-11-19)26(32)18-25(21-6-2-1-3-7-21)28-29(33)24-8-4-5-9-27(24)35-30(28)34/h1-18,33H/b25-18+. The van der Waals surface area contributed by atoms with E-state index < -0.39 is 5.63 Å². The minimum atomic E-state index is -0.720. The number of carbonyl (C=O) groups excluding carboxylic acids is 1. The Morgan fingerprint density at radius 2 is 1.34 bits per heavy atom. The van der Waals surface area contributed by atoms with Gasteiger partial charge in [0.2, 0.25) is 0 Å². The van der Waals surface area contributed by atoms with Crippen LogP contribution in [-0.2, 0) is 0 Å². The molecule has 0 aliphatic carbocycles. The highest BCUT2D eigenvalue weighted by molar-refractivity contribution is 6.32. The van der Waals surface area contributed by atoms with Crippen molar-refractivity contribution >= 4 is 35.6 Å². The SMILES string of the molecule is [B]c1ccc(-c2ccc(C(=O)/C=C(\c3ccccc3)c3c(O)c4ccccc4oc3=O)cc2)cc1. The van der Waals surface area contributed by atoms with Crippen molar-refractivity contribution < 1.29 is 14.3 Å². The monoisotopic (exact) mass is 454 g/mol. The molecule has 1 N–H and O–H groups in total. The van der Waals surface area contributed by atoms with Crippen molar-refractivity contribution in [1.82, 2.24) is 0 Å². The maximum atomic E-state index is 13.3. The summed E-state index contributed by atoms with van der Waals surface area (Å²) >= 11 is 0. The van der Waals surface area contributed by atoms with E-state index in [1.54, 1.807) is 60.7 Å². The molecule has 0 spiro atoms. The van der Waals surface area contributed by atoms with Gasteiger partial charge in [-0.3, -0.25) is 4.79 Å².